The summed E-state index contributed by atoms with van der Waals surface area (Å²) in [6, 6.07) is 17.3. The van der Waals surface area contributed by atoms with Crippen molar-refractivity contribution in [2.24, 2.45) is 5.92 Å². The lowest BCUT2D eigenvalue weighted by Gasteiger charge is -2.10. The van der Waals surface area contributed by atoms with Crippen molar-refractivity contribution in [2.75, 3.05) is 12.4 Å². The summed E-state index contributed by atoms with van der Waals surface area (Å²) >= 11 is 31.6. The highest BCUT2D eigenvalue weighted by atomic mass is 35.5. The highest BCUT2D eigenvalue weighted by molar-refractivity contribution is 6.53. The summed E-state index contributed by atoms with van der Waals surface area (Å²) in [7, 11) is 1.46. The van der Waals surface area contributed by atoms with Crippen molar-refractivity contribution in [2.45, 2.75) is 16.7 Å². The molecule has 0 saturated heterocycles. The minimum Gasteiger partial charge on any atom is -0.494 e. The number of carbonyl (C=O) groups is 2. The van der Waals surface area contributed by atoms with Gasteiger partial charge >= 0.3 is 0 Å². The topological polar surface area (TPSA) is 55.4 Å². The van der Waals surface area contributed by atoms with Gasteiger partial charge in [-0.2, -0.15) is 0 Å². The van der Waals surface area contributed by atoms with E-state index in [9.17, 15) is 9.59 Å². The van der Waals surface area contributed by atoms with Crippen molar-refractivity contribution in [3.05, 3.63) is 92.4 Å². The van der Waals surface area contributed by atoms with Crippen molar-refractivity contribution in [3.63, 3.8) is 0 Å². The molecule has 1 fully saturated rings. The van der Waals surface area contributed by atoms with Crippen LogP contribution in [-0.2, 0) is 11.2 Å². The predicted molar refractivity (Wildman–Crippen MR) is 138 cm³/mol. The average molecular weight is 558 g/mol. The highest BCUT2D eigenvalue weighted by Crippen LogP contribution is 2.65. The van der Waals surface area contributed by atoms with E-state index in [-0.39, 0.29) is 12.2 Å². The molecule has 3 aromatic carbocycles. The first-order chi connectivity index (χ1) is 16.1. The van der Waals surface area contributed by atoms with Crippen molar-refractivity contribution in [1.82, 2.24) is 0 Å². The van der Waals surface area contributed by atoms with Gasteiger partial charge in [-0.15, -0.1) is 23.2 Å². The zero-order valence-corrected chi connectivity index (χ0v) is 21.5. The number of halogens is 5. The predicted octanol–water partition coefficient (Wildman–Crippen LogP) is 7.61. The summed E-state index contributed by atoms with van der Waals surface area (Å²) in [6.45, 7) is 0. The zero-order valence-electron chi connectivity index (χ0n) is 17.7. The molecule has 4 rings (SSSR count). The number of carbonyl (C=O) groups excluding carboxylic acids is 2. The molecule has 3 aromatic rings. The minimum absolute atomic E-state index is 0.164. The average Bonchev–Trinajstić information content (AvgIpc) is 3.37. The van der Waals surface area contributed by atoms with Crippen molar-refractivity contribution in [3.8, 4) is 5.75 Å². The number of hydrogen-bond acceptors (Lipinski definition) is 3. The van der Waals surface area contributed by atoms with E-state index >= 15 is 0 Å². The summed E-state index contributed by atoms with van der Waals surface area (Å²) in [5.41, 5.74) is 2.21. The second-order valence-corrected chi connectivity index (χ2v) is 10.6. The van der Waals surface area contributed by atoms with Crippen LogP contribution >= 0.6 is 58.0 Å². The van der Waals surface area contributed by atoms with Gasteiger partial charge in [-0.3, -0.25) is 9.59 Å². The molecule has 1 amide bonds. The number of Topliss-reactive ketones (excluding diaryl/α,β-unsaturated/α-hetero) is 1. The molecular weight excluding hydrogens is 540 g/mol. The molecule has 34 heavy (non-hydrogen) atoms. The Morgan fingerprint density at radius 1 is 0.941 bits per heavy atom. The SMILES string of the molecule is COc1c(Cl)cc(C2C(C(=O)Nc3ccc(Cl)c(C(=O)Cc4ccccc4)c3)C2(Cl)Cl)cc1Cl. The summed E-state index contributed by atoms with van der Waals surface area (Å²) in [4.78, 5) is 25.8. The molecule has 0 spiro atoms. The summed E-state index contributed by atoms with van der Waals surface area (Å²) in [5, 5.41) is 3.67. The van der Waals surface area contributed by atoms with Crippen LogP contribution in [0.4, 0.5) is 5.69 Å². The molecule has 1 N–H and O–H groups in total. The van der Waals surface area contributed by atoms with Crippen LogP contribution in [0.1, 0.15) is 27.4 Å². The van der Waals surface area contributed by atoms with Crippen LogP contribution < -0.4 is 10.1 Å². The second kappa shape index (κ2) is 9.96. The van der Waals surface area contributed by atoms with Gasteiger partial charge in [0.15, 0.2) is 11.5 Å². The Balaban J connectivity index is 1.52. The molecule has 2 unspecified atom stereocenters. The molecule has 0 heterocycles. The Kier molecular flexibility index (Phi) is 7.37. The van der Waals surface area contributed by atoms with Gasteiger partial charge < -0.3 is 10.1 Å². The number of amides is 1. The maximum Gasteiger partial charge on any atom is 0.231 e. The van der Waals surface area contributed by atoms with Crippen LogP contribution in [0.2, 0.25) is 15.1 Å². The molecule has 176 valence electrons. The van der Waals surface area contributed by atoms with E-state index in [4.69, 9.17) is 62.7 Å². The van der Waals surface area contributed by atoms with Gasteiger partial charge in [0.2, 0.25) is 5.91 Å². The largest absolute Gasteiger partial charge is 0.494 e. The van der Waals surface area contributed by atoms with E-state index in [2.05, 4.69) is 5.32 Å². The number of anilines is 1. The number of hydrogen-bond donors (Lipinski definition) is 1. The smallest absolute Gasteiger partial charge is 0.231 e. The lowest BCUT2D eigenvalue weighted by Crippen LogP contribution is -2.17. The maximum atomic E-state index is 13.0. The number of alkyl halides is 2. The van der Waals surface area contributed by atoms with Crippen molar-refractivity contribution in [1.29, 1.82) is 0 Å². The number of benzene rings is 3. The van der Waals surface area contributed by atoms with Crippen molar-refractivity contribution >= 4 is 75.4 Å². The third-order valence-electron chi connectivity index (χ3n) is 5.66. The summed E-state index contributed by atoms with van der Waals surface area (Å²) in [5.74, 6) is -1.51. The van der Waals surface area contributed by atoms with E-state index in [0.29, 0.717) is 37.6 Å². The van der Waals surface area contributed by atoms with E-state index in [1.165, 1.54) is 7.11 Å². The Bertz CT molecular complexity index is 1240. The van der Waals surface area contributed by atoms with E-state index in [0.717, 1.165) is 5.56 Å². The first-order valence-corrected chi connectivity index (χ1v) is 12.1. The molecular formula is C25H18Cl5NO3. The van der Waals surface area contributed by atoms with Crippen LogP contribution in [0.15, 0.2) is 60.7 Å². The van der Waals surface area contributed by atoms with Gasteiger partial charge in [-0.1, -0.05) is 65.1 Å². The fourth-order valence-electron chi connectivity index (χ4n) is 3.93. The molecule has 9 heteroatoms. The van der Waals surface area contributed by atoms with Crippen LogP contribution in [-0.4, -0.2) is 23.1 Å². The molecule has 2 atom stereocenters. The molecule has 0 aliphatic heterocycles. The number of rotatable bonds is 7. The van der Waals surface area contributed by atoms with Crippen LogP contribution in [0.25, 0.3) is 0 Å². The summed E-state index contributed by atoms with van der Waals surface area (Å²) < 4.78 is 3.82. The van der Waals surface area contributed by atoms with E-state index < -0.39 is 22.1 Å². The normalized spacial score (nSPS) is 18.3. The fourth-order valence-corrected chi connectivity index (χ4v) is 5.64. The first kappa shape index (κ1) is 25.2. The molecule has 0 aromatic heterocycles. The number of methoxy groups -OCH3 is 1. The van der Waals surface area contributed by atoms with Gasteiger partial charge in [-0.05, 0) is 41.5 Å². The van der Waals surface area contributed by atoms with Gasteiger partial charge in [-0.25, -0.2) is 0 Å². The van der Waals surface area contributed by atoms with Crippen LogP contribution in [0.3, 0.4) is 0 Å². The third kappa shape index (κ3) is 5.02. The van der Waals surface area contributed by atoms with E-state index in [1.54, 1.807) is 30.3 Å². The van der Waals surface area contributed by atoms with Gasteiger partial charge in [0, 0.05) is 23.6 Å². The molecule has 1 aliphatic carbocycles. The second-order valence-electron chi connectivity index (χ2n) is 7.92. The lowest BCUT2D eigenvalue weighted by molar-refractivity contribution is -0.117. The number of ether oxygens (including phenoxy) is 1. The standard InChI is InChI=1S/C25H18Cl5NO3/c1-34-23-18(27)10-14(11-19(23)28)21-22(25(21,29)30)24(33)31-15-7-8-17(26)16(12-15)20(32)9-13-5-3-2-4-6-13/h2-8,10-12,21-22H,9H2,1H3,(H,31,33). The van der Waals surface area contributed by atoms with Crippen LogP contribution in [0, 0.1) is 5.92 Å². The Labute approximate surface area is 222 Å². The highest BCUT2D eigenvalue weighted by Gasteiger charge is 2.67. The number of nitrogens with one attached hydrogen (secondary N) is 1. The summed E-state index contributed by atoms with van der Waals surface area (Å²) in [6.07, 6.45) is 0.189. The van der Waals surface area contributed by atoms with Crippen LogP contribution in [0.5, 0.6) is 5.75 Å². The first-order valence-electron chi connectivity index (χ1n) is 10.2. The monoisotopic (exact) mass is 555 g/mol. The minimum atomic E-state index is -1.34. The van der Waals surface area contributed by atoms with Gasteiger partial charge in [0.25, 0.3) is 0 Å². The molecule has 1 aliphatic rings. The van der Waals surface area contributed by atoms with Gasteiger partial charge in [0.1, 0.15) is 4.33 Å². The Morgan fingerprint density at radius 3 is 2.21 bits per heavy atom. The lowest BCUT2D eigenvalue weighted by atomic mass is 10.0. The zero-order chi connectivity index (χ0) is 24.6. The molecule has 0 radical (unpaired) electrons. The van der Waals surface area contributed by atoms with Gasteiger partial charge in [0.05, 0.1) is 28.1 Å². The molecule has 4 nitrogen and oxygen atoms in total. The fraction of sp³-hybridized carbons (Fsp3) is 0.200. The molecule has 1 saturated carbocycles. The quantitative estimate of drug-likeness (QED) is 0.240. The maximum absolute atomic E-state index is 13.0. The van der Waals surface area contributed by atoms with Crippen molar-refractivity contribution < 1.29 is 14.3 Å². The third-order valence-corrected chi connectivity index (χ3v) is 7.49. The Morgan fingerprint density at radius 2 is 1.59 bits per heavy atom. The molecule has 0 bridgehead atoms. The number of ketones is 1. The Hall–Kier alpha value is -1.95. The van der Waals surface area contributed by atoms with E-state index in [1.807, 2.05) is 30.3 Å².